The first-order valence-electron chi connectivity index (χ1n) is 13.8. The summed E-state index contributed by atoms with van der Waals surface area (Å²) in [5.41, 5.74) is -3.65. The number of carbonyl (C=O) groups excluding carboxylic acids is 1. The van der Waals surface area contributed by atoms with Gasteiger partial charge in [0.05, 0.1) is 22.9 Å². The van der Waals surface area contributed by atoms with Gasteiger partial charge in [0, 0.05) is 54.9 Å². The fraction of sp³-hybridized carbons (Fsp3) is 0.433. The van der Waals surface area contributed by atoms with Crippen LogP contribution in [0.5, 0.6) is 0 Å². The summed E-state index contributed by atoms with van der Waals surface area (Å²) in [6.07, 6.45) is 0.897. The first-order chi connectivity index (χ1) is 19.9. The Hall–Kier alpha value is -3.80. The molecule has 1 saturated heterocycles. The highest BCUT2D eigenvalue weighted by Gasteiger charge is 2.56. The summed E-state index contributed by atoms with van der Waals surface area (Å²) in [5, 5.41) is 5.89. The van der Waals surface area contributed by atoms with Gasteiger partial charge in [-0.1, -0.05) is 12.1 Å². The number of nitrogens with one attached hydrogen (secondary N) is 2. The minimum absolute atomic E-state index is 0.0231. The summed E-state index contributed by atoms with van der Waals surface area (Å²) in [6, 6.07) is 5.86. The Morgan fingerprint density at radius 3 is 2.40 bits per heavy atom. The van der Waals surface area contributed by atoms with Crippen LogP contribution in [0.3, 0.4) is 0 Å². The van der Waals surface area contributed by atoms with Crippen molar-refractivity contribution in [3.05, 3.63) is 93.4 Å². The van der Waals surface area contributed by atoms with E-state index < -0.39 is 52.3 Å². The van der Waals surface area contributed by atoms with Crippen molar-refractivity contribution in [1.29, 1.82) is 0 Å². The third-order valence-corrected chi connectivity index (χ3v) is 8.87. The Bertz CT molecular complexity index is 1560. The van der Waals surface area contributed by atoms with Crippen LogP contribution in [-0.2, 0) is 11.5 Å². The van der Waals surface area contributed by atoms with Crippen LogP contribution in [0.15, 0.2) is 59.8 Å². The molecule has 2 saturated carbocycles. The van der Waals surface area contributed by atoms with Gasteiger partial charge in [-0.15, -0.1) is 0 Å². The average molecular weight is 588 g/mol. The molecule has 1 aliphatic heterocycles. The number of amides is 1. The minimum atomic E-state index is -3.66. The average Bonchev–Trinajstić information content (AvgIpc) is 3.84. The SMILES string of the molecule is C[C@H](NC(=O)c1cn(C2(C(F)F)CC2)c(=O)cc1N[C@@H]1[C@@H]2CN(C)C[C@@H]21)c1cccc(C(F)(F)c2ccncc2)c1F. The van der Waals surface area contributed by atoms with Crippen LogP contribution in [0.4, 0.5) is 27.6 Å². The molecule has 222 valence electrons. The van der Waals surface area contributed by atoms with Gasteiger partial charge in [-0.05, 0) is 56.8 Å². The summed E-state index contributed by atoms with van der Waals surface area (Å²) in [4.78, 5) is 32.5. The van der Waals surface area contributed by atoms with E-state index in [2.05, 4.69) is 20.5 Å². The van der Waals surface area contributed by atoms with E-state index in [1.165, 1.54) is 31.5 Å². The van der Waals surface area contributed by atoms with Crippen LogP contribution >= 0.6 is 0 Å². The molecule has 6 rings (SSSR count). The van der Waals surface area contributed by atoms with E-state index in [0.29, 0.717) is 11.8 Å². The van der Waals surface area contributed by atoms with Crippen LogP contribution in [-0.4, -0.2) is 53.0 Å². The van der Waals surface area contributed by atoms with E-state index in [4.69, 9.17) is 0 Å². The number of carbonyl (C=O) groups is 1. The Labute approximate surface area is 238 Å². The third-order valence-electron chi connectivity index (χ3n) is 8.87. The van der Waals surface area contributed by atoms with Crippen LogP contribution < -0.4 is 16.2 Å². The van der Waals surface area contributed by atoms with Crippen molar-refractivity contribution in [3.8, 4) is 0 Å². The van der Waals surface area contributed by atoms with Crippen molar-refractivity contribution < 1.29 is 26.7 Å². The van der Waals surface area contributed by atoms with Crippen molar-refractivity contribution >= 4 is 11.6 Å². The normalized spacial score (nSPS) is 23.4. The number of aromatic nitrogens is 2. The summed E-state index contributed by atoms with van der Waals surface area (Å²) in [5.74, 6) is -4.93. The molecule has 1 aromatic carbocycles. The van der Waals surface area contributed by atoms with Gasteiger partial charge in [-0.2, -0.15) is 8.78 Å². The summed E-state index contributed by atoms with van der Waals surface area (Å²) in [7, 11) is 2.01. The Morgan fingerprint density at radius 1 is 1.12 bits per heavy atom. The van der Waals surface area contributed by atoms with Gasteiger partial charge in [-0.3, -0.25) is 14.6 Å². The molecule has 0 bridgehead atoms. The fourth-order valence-corrected chi connectivity index (χ4v) is 6.20. The van der Waals surface area contributed by atoms with Gasteiger partial charge in [-0.25, -0.2) is 13.2 Å². The number of anilines is 1. The predicted molar refractivity (Wildman–Crippen MR) is 145 cm³/mol. The molecule has 12 heteroatoms. The largest absolute Gasteiger partial charge is 0.381 e. The van der Waals surface area contributed by atoms with E-state index in [1.54, 1.807) is 0 Å². The predicted octanol–water partition coefficient (Wildman–Crippen LogP) is 4.74. The molecule has 3 aromatic rings. The smallest absolute Gasteiger partial charge is 0.301 e. The quantitative estimate of drug-likeness (QED) is 0.354. The summed E-state index contributed by atoms with van der Waals surface area (Å²) < 4.78 is 74.8. The van der Waals surface area contributed by atoms with E-state index in [0.717, 1.165) is 48.1 Å². The highest BCUT2D eigenvalue weighted by atomic mass is 19.3. The molecule has 7 nitrogen and oxygen atoms in total. The maximum absolute atomic E-state index is 15.6. The number of benzene rings is 1. The molecule has 1 amide bonds. The van der Waals surface area contributed by atoms with Crippen molar-refractivity contribution in [2.75, 3.05) is 25.5 Å². The molecule has 0 radical (unpaired) electrons. The Morgan fingerprint density at radius 2 is 1.79 bits per heavy atom. The number of rotatable bonds is 9. The molecular formula is C30H30F5N5O2. The topological polar surface area (TPSA) is 79.3 Å². The van der Waals surface area contributed by atoms with Gasteiger partial charge >= 0.3 is 5.92 Å². The van der Waals surface area contributed by atoms with Gasteiger partial charge in [0.15, 0.2) is 0 Å². The molecule has 2 N–H and O–H groups in total. The summed E-state index contributed by atoms with van der Waals surface area (Å²) >= 11 is 0. The second kappa shape index (κ2) is 10.2. The number of fused-ring (bicyclic) bond motifs is 1. The highest BCUT2D eigenvalue weighted by molar-refractivity contribution is 5.99. The molecule has 3 aliphatic rings. The van der Waals surface area contributed by atoms with Crippen LogP contribution in [0.2, 0.25) is 0 Å². The number of pyridine rings is 2. The minimum Gasteiger partial charge on any atom is -0.381 e. The van der Waals surface area contributed by atoms with Crippen LogP contribution in [0, 0.1) is 17.7 Å². The monoisotopic (exact) mass is 587 g/mol. The van der Waals surface area contributed by atoms with Crippen molar-refractivity contribution in [1.82, 2.24) is 19.8 Å². The maximum atomic E-state index is 15.6. The van der Waals surface area contributed by atoms with Crippen LogP contribution in [0.25, 0.3) is 0 Å². The number of alkyl halides is 4. The molecule has 3 fully saturated rings. The number of hydrogen-bond donors (Lipinski definition) is 2. The van der Waals surface area contributed by atoms with E-state index >= 15 is 13.2 Å². The Kier molecular flexibility index (Phi) is 6.87. The number of likely N-dealkylation sites (tertiary alicyclic amines) is 1. The van der Waals surface area contributed by atoms with E-state index in [9.17, 15) is 18.4 Å². The molecule has 0 spiro atoms. The van der Waals surface area contributed by atoms with E-state index in [1.807, 2.05) is 7.05 Å². The number of hydrogen-bond acceptors (Lipinski definition) is 5. The summed E-state index contributed by atoms with van der Waals surface area (Å²) in [6.45, 7) is 3.15. The van der Waals surface area contributed by atoms with Gasteiger partial charge in [0.25, 0.3) is 17.9 Å². The highest BCUT2D eigenvalue weighted by Crippen LogP contribution is 2.49. The molecule has 3 heterocycles. The second-order valence-corrected chi connectivity index (χ2v) is 11.6. The molecule has 4 atom stereocenters. The molecule has 2 aliphatic carbocycles. The molecule has 2 aromatic heterocycles. The first kappa shape index (κ1) is 28.3. The zero-order valence-corrected chi connectivity index (χ0v) is 23.0. The zero-order valence-electron chi connectivity index (χ0n) is 23.0. The fourth-order valence-electron chi connectivity index (χ4n) is 6.20. The lowest BCUT2D eigenvalue weighted by Crippen LogP contribution is -2.37. The lowest BCUT2D eigenvalue weighted by Gasteiger charge is -2.23. The lowest BCUT2D eigenvalue weighted by atomic mass is 9.96. The first-order valence-corrected chi connectivity index (χ1v) is 13.8. The van der Waals surface area contributed by atoms with E-state index in [-0.39, 0.29) is 35.7 Å². The Balaban J connectivity index is 1.30. The van der Waals surface area contributed by atoms with Gasteiger partial charge < -0.3 is 20.1 Å². The van der Waals surface area contributed by atoms with Crippen molar-refractivity contribution in [3.63, 3.8) is 0 Å². The number of nitrogens with zero attached hydrogens (tertiary/aromatic N) is 3. The zero-order chi connectivity index (χ0) is 30.0. The third kappa shape index (κ3) is 4.75. The van der Waals surface area contributed by atoms with Crippen molar-refractivity contribution in [2.24, 2.45) is 11.8 Å². The van der Waals surface area contributed by atoms with Gasteiger partial charge in [0.1, 0.15) is 11.4 Å². The van der Waals surface area contributed by atoms with Gasteiger partial charge in [0.2, 0.25) is 0 Å². The standard InChI is InChI=1S/C30H30F5N5O2/c1-16(18-4-3-5-22(25(18)31)30(34,35)17-6-10-36-11-7-17)37-27(42)21-15-40(29(8-9-29)28(32)33)24(41)12-23(21)38-26-19-13-39(2)14-20(19)26/h3-7,10-12,15-16,19-20,26,28,38H,8-9,13-14H2,1-2H3,(H,37,42)/t16-,19-,20+,26-/m0/s1. The second-order valence-electron chi connectivity index (χ2n) is 11.6. The number of piperidine rings is 1. The lowest BCUT2D eigenvalue weighted by molar-refractivity contribution is 0.0385. The maximum Gasteiger partial charge on any atom is 0.301 e. The molecular weight excluding hydrogens is 557 g/mol. The molecule has 42 heavy (non-hydrogen) atoms. The number of halogens is 5. The van der Waals surface area contributed by atoms with Crippen LogP contribution in [0.1, 0.15) is 52.9 Å². The molecule has 0 unspecified atom stereocenters. The van der Waals surface area contributed by atoms with Crippen molar-refractivity contribution in [2.45, 2.75) is 49.7 Å².